The molecule has 2 aliphatic heterocycles. The molecule has 1 aromatic rings. The molecule has 2 unspecified atom stereocenters. The number of amides is 3. The molecule has 7 heteroatoms. The number of carbonyl (C=O) groups is 4. The number of esters is 1. The lowest BCUT2D eigenvalue weighted by molar-refractivity contribution is -0.166. The molecular formula is C16H16N2O5. The number of ether oxygens (including phenoxy) is 1. The minimum absolute atomic E-state index is 0.236. The summed E-state index contributed by atoms with van der Waals surface area (Å²) in [5, 5.41) is 2.40. The smallest absolute Gasteiger partial charge is 0.331 e. The fraction of sp³-hybridized carbons (Fsp3) is 0.375. The highest BCUT2D eigenvalue weighted by atomic mass is 16.6. The zero-order valence-corrected chi connectivity index (χ0v) is 13.0. The summed E-state index contributed by atoms with van der Waals surface area (Å²) in [5.74, 6) is -2.35. The number of hydrogen-bond donors (Lipinski definition) is 1. The van der Waals surface area contributed by atoms with Crippen LogP contribution in [0.15, 0.2) is 24.3 Å². The molecular weight excluding hydrogens is 300 g/mol. The fourth-order valence-corrected chi connectivity index (χ4v) is 2.65. The molecule has 1 fully saturated rings. The van der Waals surface area contributed by atoms with Crippen molar-refractivity contribution in [3.05, 3.63) is 35.4 Å². The lowest BCUT2D eigenvalue weighted by atomic mass is 9.97. The van der Waals surface area contributed by atoms with Crippen molar-refractivity contribution in [3.8, 4) is 0 Å². The second-order valence-corrected chi connectivity index (χ2v) is 6.49. The molecule has 0 aromatic heterocycles. The molecule has 0 spiro atoms. The van der Waals surface area contributed by atoms with Gasteiger partial charge in [0.1, 0.15) is 11.6 Å². The third kappa shape index (κ3) is 2.38. The van der Waals surface area contributed by atoms with Crippen molar-refractivity contribution in [1.29, 1.82) is 0 Å². The molecule has 2 atom stereocenters. The summed E-state index contributed by atoms with van der Waals surface area (Å²) in [6, 6.07) is 4.11. The zero-order valence-electron chi connectivity index (χ0n) is 13.0. The van der Waals surface area contributed by atoms with Crippen LogP contribution >= 0.6 is 0 Å². The highest BCUT2D eigenvalue weighted by molar-refractivity contribution is 6.24. The van der Waals surface area contributed by atoms with Crippen LogP contribution in [-0.2, 0) is 14.3 Å². The first-order chi connectivity index (χ1) is 10.7. The summed E-state index contributed by atoms with van der Waals surface area (Å²) in [6.45, 7) is 5.09. The Balaban J connectivity index is 1.87. The van der Waals surface area contributed by atoms with Gasteiger partial charge in [0.05, 0.1) is 11.1 Å². The van der Waals surface area contributed by atoms with Gasteiger partial charge in [-0.05, 0) is 32.9 Å². The number of rotatable bonds is 2. The van der Waals surface area contributed by atoms with E-state index in [0.29, 0.717) is 0 Å². The number of β-lactam (4-membered cyclic amide) rings is 1. The van der Waals surface area contributed by atoms with E-state index in [1.54, 1.807) is 32.9 Å². The van der Waals surface area contributed by atoms with Gasteiger partial charge in [0, 0.05) is 0 Å². The SMILES string of the molecule is CC(C)(C)OC(=O)C1NC(=O)C1N1C(=O)c2ccccc2C1=O. The van der Waals surface area contributed by atoms with E-state index in [4.69, 9.17) is 4.74 Å². The van der Waals surface area contributed by atoms with Gasteiger partial charge in [-0.15, -0.1) is 0 Å². The number of nitrogens with zero attached hydrogens (tertiary/aromatic N) is 1. The Morgan fingerprint density at radius 1 is 1.09 bits per heavy atom. The van der Waals surface area contributed by atoms with Crippen LogP contribution in [0.1, 0.15) is 41.5 Å². The number of carbonyl (C=O) groups excluding carboxylic acids is 4. The molecule has 1 saturated heterocycles. The maximum absolute atomic E-state index is 12.4. The number of nitrogens with one attached hydrogen (secondary N) is 1. The first-order valence-corrected chi connectivity index (χ1v) is 7.21. The van der Waals surface area contributed by atoms with E-state index < -0.39 is 41.4 Å². The molecule has 0 aliphatic carbocycles. The molecule has 1 aromatic carbocycles. The van der Waals surface area contributed by atoms with Gasteiger partial charge < -0.3 is 10.1 Å². The fourth-order valence-electron chi connectivity index (χ4n) is 2.65. The summed E-state index contributed by atoms with van der Waals surface area (Å²) in [6.07, 6.45) is 0. The van der Waals surface area contributed by atoms with Crippen LogP contribution < -0.4 is 5.32 Å². The molecule has 3 rings (SSSR count). The van der Waals surface area contributed by atoms with Gasteiger partial charge in [-0.25, -0.2) is 4.79 Å². The summed E-state index contributed by atoms with van der Waals surface area (Å²) < 4.78 is 5.22. The third-order valence-electron chi connectivity index (χ3n) is 3.65. The normalized spacial score (nSPS) is 23.3. The van der Waals surface area contributed by atoms with Crippen molar-refractivity contribution < 1.29 is 23.9 Å². The number of imide groups is 1. The second kappa shape index (κ2) is 4.91. The van der Waals surface area contributed by atoms with Crippen LogP contribution in [0, 0.1) is 0 Å². The molecule has 0 saturated carbocycles. The number of hydrogen-bond acceptors (Lipinski definition) is 5. The van der Waals surface area contributed by atoms with Gasteiger partial charge in [0.15, 0.2) is 6.04 Å². The summed E-state index contributed by atoms with van der Waals surface area (Å²) >= 11 is 0. The first-order valence-electron chi connectivity index (χ1n) is 7.21. The van der Waals surface area contributed by atoms with Gasteiger partial charge in [-0.2, -0.15) is 0 Å². The highest BCUT2D eigenvalue weighted by Crippen LogP contribution is 2.29. The second-order valence-electron chi connectivity index (χ2n) is 6.49. The largest absolute Gasteiger partial charge is 0.458 e. The van der Waals surface area contributed by atoms with Gasteiger partial charge in [-0.1, -0.05) is 12.1 Å². The molecule has 120 valence electrons. The summed E-state index contributed by atoms with van der Waals surface area (Å²) in [5.41, 5.74) is -0.260. The highest BCUT2D eigenvalue weighted by Gasteiger charge is 2.55. The van der Waals surface area contributed by atoms with Crippen molar-refractivity contribution >= 4 is 23.7 Å². The standard InChI is InChI=1S/C16H16N2O5/c1-16(2,3)23-15(22)10-11(12(19)17-10)18-13(20)8-6-4-5-7-9(8)14(18)21/h4-7,10-11H,1-3H3,(H,17,19). The van der Waals surface area contributed by atoms with E-state index in [1.807, 2.05) is 0 Å². The van der Waals surface area contributed by atoms with E-state index >= 15 is 0 Å². The lowest BCUT2D eigenvalue weighted by Gasteiger charge is -2.40. The molecule has 0 bridgehead atoms. The van der Waals surface area contributed by atoms with Crippen molar-refractivity contribution in [3.63, 3.8) is 0 Å². The Morgan fingerprint density at radius 3 is 2.04 bits per heavy atom. The van der Waals surface area contributed by atoms with Crippen LogP contribution in [0.3, 0.4) is 0 Å². The topological polar surface area (TPSA) is 92.8 Å². The predicted octanol–water partition coefficient (Wildman–Crippen LogP) is 0.491. The predicted molar refractivity (Wildman–Crippen MR) is 78.5 cm³/mol. The average molecular weight is 316 g/mol. The molecule has 23 heavy (non-hydrogen) atoms. The van der Waals surface area contributed by atoms with Gasteiger partial charge >= 0.3 is 5.97 Å². The van der Waals surface area contributed by atoms with Crippen LogP contribution in [0.5, 0.6) is 0 Å². The number of fused-ring (bicyclic) bond motifs is 1. The van der Waals surface area contributed by atoms with E-state index in [9.17, 15) is 19.2 Å². The van der Waals surface area contributed by atoms with Crippen LogP contribution in [0.25, 0.3) is 0 Å². The Labute approximate surface area is 132 Å². The van der Waals surface area contributed by atoms with E-state index in [-0.39, 0.29) is 11.1 Å². The van der Waals surface area contributed by atoms with Crippen molar-refractivity contribution in [2.24, 2.45) is 0 Å². The van der Waals surface area contributed by atoms with Gasteiger partial charge in [0.2, 0.25) is 5.91 Å². The monoisotopic (exact) mass is 316 g/mol. The Kier molecular flexibility index (Phi) is 3.24. The van der Waals surface area contributed by atoms with Crippen molar-refractivity contribution in [2.75, 3.05) is 0 Å². The number of benzene rings is 1. The van der Waals surface area contributed by atoms with E-state index in [1.165, 1.54) is 12.1 Å². The van der Waals surface area contributed by atoms with E-state index in [0.717, 1.165) is 4.90 Å². The van der Waals surface area contributed by atoms with Gasteiger partial charge in [-0.3, -0.25) is 19.3 Å². The molecule has 1 N–H and O–H groups in total. The maximum Gasteiger partial charge on any atom is 0.331 e. The van der Waals surface area contributed by atoms with Crippen molar-refractivity contribution in [2.45, 2.75) is 38.5 Å². The van der Waals surface area contributed by atoms with Crippen LogP contribution in [0.2, 0.25) is 0 Å². The zero-order chi connectivity index (χ0) is 16.9. The summed E-state index contributed by atoms with van der Waals surface area (Å²) in [4.78, 5) is 49.7. The molecule has 3 amide bonds. The minimum atomic E-state index is -1.17. The Morgan fingerprint density at radius 2 is 1.61 bits per heavy atom. The van der Waals surface area contributed by atoms with E-state index in [2.05, 4.69) is 5.32 Å². The Hall–Kier alpha value is -2.70. The molecule has 2 heterocycles. The van der Waals surface area contributed by atoms with Crippen LogP contribution in [-0.4, -0.2) is 46.3 Å². The van der Waals surface area contributed by atoms with Crippen LogP contribution in [0.4, 0.5) is 0 Å². The van der Waals surface area contributed by atoms with Gasteiger partial charge in [0.25, 0.3) is 11.8 Å². The molecule has 7 nitrogen and oxygen atoms in total. The maximum atomic E-state index is 12.4. The minimum Gasteiger partial charge on any atom is -0.458 e. The third-order valence-corrected chi connectivity index (χ3v) is 3.65. The molecule has 0 radical (unpaired) electrons. The molecule has 2 aliphatic rings. The quantitative estimate of drug-likeness (QED) is 0.487. The lowest BCUT2D eigenvalue weighted by Crippen LogP contribution is -2.73. The average Bonchev–Trinajstić information content (AvgIpc) is 2.69. The van der Waals surface area contributed by atoms with Crippen molar-refractivity contribution in [1.82, 2.24) is 10.2 Å². The first kappa shape index (κ1) is 15.2. The Bertz CT molecular complexity index is 699. The summed E-state index contributed by atoms with van der Waals surface area (Å²) in [7, 11) is 0.